The highest BCUT2D eigenvalue weighted by molar-refractivity contribution is 5.31. The summed E-state index contributed by atoms with van der Waals surface area (Å²) in [5.74, 6) is -0.529. The second-order valence-electron chi connectivity index (χ2n) is 9.33. The highest BCUT2D eigenvalue weighted by atomic mass is 19.3. The molecule has 0 amide bonds. The van der Waals surface area contributed by atoms with Crippen molar-refractivity contribution in [3.05, 3.63) is 111 Å². The van der Waals surface area contributed by atoms with Crippen LogP contribution >= 0.6 is 0 Å². The molecular weight excluding hydrogens is 488 g/mol. The first-order valence-electron chi connectivity index (χ1n) is 12.9. The number of halogens is 4. The van der Waals surface area contributed by atoms with E-state index in [9.17, 15) is 17.6 Å². The molecule has 0 aromatic carbocycles. The maximum Gasteiger partial charge on any atom is 0.426 e. The third-order valence-electron chi connectivity index (χ3n) is 5.78. The van der Waals surface area contributed by atoms with Crippen LogP contribution in [0.15, 0.2) is 111 Å². The average Bonchev–Trinajstić information content (AvgIpc) is 2.84. The summed E-state index contributed by atoms with van der Waals surface area (Å²) >= 11 is 0. The topological polar surface area (TPSA) is 9.23 Å². The summed E-state index contributed by atoms with van der Waals surface area (Å²) in [7, 11) is 0. The third-order valence-corrected chi connectivity index (χ3v) is 5.78. The molecule has 5 heteroatoms. The van der Waals surface area contributed by atoms with Crippen LogP contribution in [0.5, 0.6) is 0 Å². The largest absolute Gasteiger partial charge is 0.429 e. The summed E-state index contributed by atoms with van der Waals surface area (Å²) in [4.78, 5) is 0. The second kappa shape index (κ2) is 22.2. The summed E-state index contributed by atoms with van der Waals surface area (Å²) in [6, 6.07) is 0. The summed E-state index contributed by atoms with van der Waals surface area (Å²) in [5.41, 5.74) is 0.285. The van der Waals surface area contributed by atoms with Gasteiger partial charge in [0.2, 0.25) is 0 Å². The molecule has 0 saturated heterocycles. The molecule has 3 atom stereocenters. The van der Waals surface area contributed by atoms with Crippen molar-refractivity contribution in [3.63, 3.8) is 0 Å². The van der Waals surface area contributed by atoms with Crippen molar-refractivity contribution in [2.75, 3.05) is 0 Å². The van der Waals surface area contributed by atoms with Crippen LogP contribution < -0.4 is 0 Å². The fraction of sp³-hybridized carbons (Fsp3) is 0.455. The molecule has 0 fully saturated rings. The summed E-state index contributed by atoms with van der Waals surface area (Å²) < 4.78 is 58.6. The average molecular weight is 539 g/mol. The molecule has 0 aromatic rings. The van der Waals surface area contributed by atoms with Crippen molar-refractivity contribution in [3.8, 4) is 0 Å². The van der Waals surface area contributed by atoms with Gasteiger partial charge in [0, 0.05) is 6.08 Å². The van der Waals surface area contributed by atoms with E-state index in [-0.39, 0.29) is 11.5 Å². The molecule has 0 bridgehead atoms. The zero-order valence-corrected chi connectivity index (χ0v) is 24.5. The molecule has 0 N–H and O–H groups in total. The monoisotopic (exact) mass is 538 g/mol. The summed E-state index contributed by atoms with van der Waals surface area (Å²) in [5, 5.41) is 0. The van der Waals surface area contributed by atoms with Gasteiger partial charge in [-0.05, 0) is 62.2 Å². The lowest BCUT2D eigenvalue weighted by Crippen LogP contribution is -2.21. The van der Waals surface area contributed by atoms with Crippen LogP contribution in [0.1, 0.15) is 73.6 Å². The highest BCUT2D eigenvalue weighted by Crippen LogP contribution is 2.31. The van der Waals surface area contributed by atoms with Crippen LogP contribution in [0.2, 0.25) is 0 Å². The molecule has 0 aromatic heterocycles. The number of rotatable bonds is 16. The first-order chi connectivity index (χ1) is 17.6. The zero-order valence-electron chi connectivity index (χ0n) is 24.5. The molecule has 0 heterocycles. The van der Waals surface area contributed by atoms with E-state index < -0.39 is 29.1 Å². The van der Waals surface area contributed by atoms with Crippen LogP contribution in [0, 0.1) is 17.8 Å². The van der Waals surface area contributed by atoms with Gasteiger partial charge in [-0.3, -0.25) is 0 Å². The molecule has 38 heavy (non-hydrogen) atoms. The third kappa shape index (κ3) is 20.3. The maximum atomic E-state index is 14.5. The van der Waals surface area contributed by atoms with Crippen molar-refractivity contribution in [1.82, 2.24) is 0 Å². The lowest BCUT2D eigenvalue weighted by molar-refractivity contribution is -0.175. The Labute approximate surface area is 230 Å². The Bertz CT molecular complexity index is 845. The predicted molar refractivity (Wildman–Crippen MR) is 159 cm³/mol. The van der Waals surface area contributed by atoms with Crippen LogP contribution in [-0.4, -0.2) is 6.11 Å². The highest BCUT2D eigenvalue weighted by Gasteiger charge is 2.34. The Balaban J connectivity index is -0.00000133. The van der Waals surface area contributed by atoms with E-state index in [0.717, 1.165) is 25.0 Å². The Kier molecular flexibility index (Phi) is 23.2. The first-order valence-corrected chi connectivity index (χ1v) is 12.9. The summed E-state index contributed by atoms with van der Waals surface area (Å²) in [6.45, 7) is 35.0. The number of unbranched alkanes of at least 4 members (excludes halogenated alkanes) is 1. The molecule has 0 aliphatic heterocycles. The Morgan fingerprint density at radius 2 is 1.39 bits per heavy atom. The molecule has 0 spiro atoms. The molecule has 0 aliphatic carbocycles. The van der Waals surface area contributed by atoms with Crippen LogP contribution in [0.3, 0.4) is 0 Å². The number of hydrogen-bond donors (Lipinski definition) is 0. The van der Waals surface area contributed by atoms with E-state index >= 15 is 0 Å². The van der Waals surface area contributed by atoms with Gasteiger partial charge in [-0.2, -0.15) is 8.78 Å². The van der Waals surface area contributed by atoms with Gasteiger partial charge in [0.25, 0.3) is 0 Å². The molecular formula is C33H50F4O. The van der Waals surface area contributed by atoms with Crippen molar-refractivity contribution < 1.29 is 22.3 Å². The second-order valence-corrected chi connectivity index (χ2v) is 9.33. The SMILES string of the molecule is C=C.C=C(C)/C=C\C(=C)C(F)(F)OC(=C)/C=C(/F)C(=C)C(C)CCC(C)C(C)CCCC.C=C(F)/C=C\C. The first kappa shape index (κ1) is 39.7. The minimum Gasteiger partial charge on any atom is -0.429 e. The van der Waals surface area contributed by atoms with Crippen LogP contribution in [-0.2, 0) is 4.74 Å². The van der Waals surface area contributed by atoms with Crippen LogP contribution in [0.25, 0.3) is 0 Å². The van der Waals surface area contributed by atoms with E-state index in [0.29, 0.717) is 17.4 Å². The predicted octanol–water partition coefficient (Wildman–Crippen LogP) is 11.9. The van der Waals surface area contributed by atoms with E-state index in [1.165, 1.54) is 31.4 Å². The van der Waals surface area contributed by atoms with Gasteiger partial charge >= 0.3 is 6.11 Å². The van der Waals surface area contributed by atoms with Gasteiger partial charge in [-0.15, -0.1) is 13.2 Å². The Morgan fingerprint density at radius 3 is 1.82 bits per heavy atom. The maximum absolute atomic E-state index is 14.5. The minimum atomic E-state index is -3.70. The van der Waals surface area contributed by atoms with Crippen molar-refractivity contribution >= 4 is 0 Å². The van der Waals surface area contributed by atoms with Gasteiger partial charge in [-0.1, -0.05) is 97.6 Å². The molecule has 0 radical (unpaired) electrons. The smallest absolute Gasteiger partial charge is 0.426 e. The number of allylic oxidation sites excluding steroid dienone is 8. The van der Waals surface area contributed by atoms with Crippen molar-refractivity contribution in [1.29, 1.82) is 0 Å². The molecule has 1 nitrogen and oxygen atoms in total. The van der Waals surface area contributed by atoms with Gasteiger partial charge in [0.1, 0.15) is 17.4 Å². The number of hydrogen-bond acceptors (Lipinski definition) is 1. The normalized spacial score (nSPS) is 13.9. The van der Waals surface area contributed by atoms with Crippen LogP contribution in [0.4, 0.5) is 17.6 Å². The molecule has 3 unspecified atom stereocenters. The Morgan fingerprint density at radius 1 is 0.868 bits per heavy atom. The van der Waals surface area contributed by atoms with E-state index in [4.69, 9.17) is 0 Å². The fourth-order valence-electron chi connectivity index (χ4n) is 3.03. The fourth-order valence-corrected chi connectivity index (χ4v) is 3.03. The van der Waals surface area contributed by atoms with Crippen molar-refractivity contribution in [2.45, 2.75) is 79.8 Å². The molecule has 0 saturated carbocycles. The molecule has 0 aliphatic rings. The summed E-state index contributed by atoms with van der Waals surface area (Å²) in [6.07, 6.45) is 7.91. The van der Waals surface area contributed by atoms with E-state index in [1.54, 1.807) is 19.9 Å². The number of alkyl halides is 2. The quantitative estimate of drug-likeness (QED) is 0.0822. The van der Waals surface area contributed by atoms with Gasteiger partial charge < -0.3 is 4.74 Å². The minimum absolute atomic E-state index is 0.108. The van der Waals surface area contributed by atoms with Gasteiger partial charge in [0.05, 0.1) is 5.57 Å². The van der Waals surface area contributed by atoms with E-state index in [2.05, 4.69) is 71.6 Å². The number of ether oxygens (including phenoxy) is 1. The zero-order chi connectivity index (χ0) is 30.5. The molecule has 0 rings (SSSR count). The van der Waals surface area contributed by atoms with Gasteiger partial charge in [-0.25, -0.2) is 8.78 Å². The van der Waals surface area contributed by atoms with Gasteiger partial charge in [0.15, 0.2) is 0 Å². The van der Waals surface area contributed by atoms with E-state index in [1.807, 2.05) is 6.92 Å². The lowest BCUT2D eigenvalue weighted by atomic mass is 9.84. The lowest BCUT2D eigenvalue weighted by Gasteiger charge is -2.22. The molecule has 216 valence electrons. The van der Waals surface area contributed by atoms with Crippen molar-refractivity contribution in [2.24, 2.45) is 17.8 Å². The standard InChI is InChI=1S/C26H39F3O.C5H7F.C2H4/c1-10-11-12-19(4)20(5)14-15-21(6)24(9)25(27)17-23(8)30-26(28,29)22(7)16-13-18(2)3;1-3-4-5(2)6;1-2/h13,16-17,19-21H,2,7-12,14-15H2,1,3-6H3;3-4H,2H2,1H3;1-2H2/b16-13-,25-17+;4-3-;. The Hall–Kier alpha value is -2.82.